The fourth-order valence-corrected chi connectivity index (χ4v) is 2.68. The SMILES string of the molecule is S=C(S)[Se]c1ccccc1. The molecule has 3 heteroatoms. The maximum absolute atomic E-state index is 4.87. The zero-order valence-electron chi connectivity index (χ0n) is 5.15. The van der Waals surface area contributed by atoms with E-state index >= 15 is 0 Å². The van der Waals surface area contributed by atoms with Gasteiger partial charge in [0.05, 0.1) is 0 Å². The van der Waals surface area contributed by atoms with Gasteiger partial charge in [-0.15, -0.1) is 0 Å². The molecular formula is C7H6S2Se. The van der Waals surface area contributed by atoms with Crippen LogP contribution < -0.4 is 4.46 Å². The summed E-state index contributed by atoms with van der Waals surface area (Å²) in [6, 6.07) is 10.2. The summed E-state index contributed by atoms with van der Waals surface area (Å²) in [6.45, 7) is 0. The van der Waals surface area contributed by atoms with Crippen molar-refractivity contribution >= 4 is 47.4 Å². The van der Waals surface area contributed by atoms with E-state index in [1.807, 2.05) is 18.2 Å². The van der Waals surface area contributed by atoms with Crippen molar-refractivity contribution < 1.29 is 0 Å². The summed E-state index contributed by atoms with van der Waals surface area (Å²) < 4.78 is 2.09. The minimum atomic E-state index is 0.264. The Hall–Kier alpha value is 0.179. The second-order valence-electron chi connectivity index (χ2n) is 1.68. The molecule has 0 aliphatic heterocycles. The summed E-state index contributed by atoms with van der Waals surface area (Å²) in [5.74, 6) is 0. The van der Waals surface area contributed by atoms with Crippen LogP contribution in [0.5, 0.6) is 0 Å². The predicted octanol–water partition coefficient (Wildman–Crippen LogP) is 1.23. The van der Waals surface area contributed by atoms with Gasteiger partial charge in [-0.2, -0.15) is 0 Å². The van der Waals surface area contributed by atoms with Crippen LogP contribution in [0.4, 0.5) is 0 Å². The Morgan fingerprint density at radius 1 is 1.30 bits per heavy atom. The summed E-state index contributed by atoms with van der Waals surface area (Å²) in [5.41, 5.74) is 0. The Kier molecular flexibility index (Phi) is 3.43. The first-order chi connectivity index (χ1) is 4.79. The Labute approximate surface area is 77.6 Å². The summed E-state index contributed by atoms with van der Waals surface area (Å²) in [6.07, 6.45) is 0. The van der Waals surface area contributed by atoms with Crippen molar-refractivity contribution in [3.63, 3.8) is 0 Å². The number of thiol groups is 1. The third-order valence-corrected chi connectivity index (χ3v) is 3.29. The van der Waals surface area contributed by atoms with Crippen LogP contribution in [0.2, 0.25) is 0 Å². The second kappa shape index (κ2) is 4.14. The predicted molar refractivity (Wildman–Crippen MR) is 53.4 cm³/mol. The van der Waals surface area contributed by atoms with Crippen LogP contribution in [-0.2, 0) is 0 Å². The van der Waals surface area contributed by atoms with Crippen LogP contribution in [0.15, 0.2) is 30.3 Å². The third-order valence-electron chi connectivity index (χ3n) is 0.948. The Bertz CT molecular complexity index is 220. The first kappa shape index (κ1) is 8.28. The van der Waals surface area contributed by atoms with Crippen molar-refractivity contribution in [2.45, 2.75) is 0 Å². The zero-order chi connectivity index (χ0) is 7.40. The van der Waals surface area contributed by atoms with E-state index in [0.29, 0.717) is 0 Å². The van der Waals surface area contributed by atoms with Crippen LogP contribution in [0.3, 0.4) is 0 Å². The summed E-state index contributed by atoms with van der Waals surface area (Å²) in [5, 5.41) is 0. The maximum atomic E-state index is 4.87. The number of hydrogen-bond donors (Lipinski definition) is 1. The zero-order valence-corrected chi connectivity index (χ0v) is 8.57. The molecule has 1 aromatic carbocycles. The van der Waals surface area contributed by atoms with Crippen molar-refractivity contribution in [1.82, 2.24) is 0 Å². The van der Waals surface area contributed by atoms with E-state index in [-0.39, 0.29) is 15.0 Å². The molecule has 0 nitrogen and oxygen atoms in total. The van der Waals surface area contributed by atoms with Gasteiger partial charge in [-0.05, 0) is 0 Å². The van der Waals surface area contributed by atoms with Gasteiger partial charge in [0.1, 0.15) is 0 Å². The van der Waals surface area contributed by atoms with Crippen LogP contribution in [0.1, 0.15) is 0 Å². The topological polar surface area (TPSA) is 0 Å². The Morgan fingerprint density at radius 3 is 2.40 bits per heavy atom. The van der Waals surface area contributed by atoms with E-state index in [1.54, 1.807) is 0 Å². The monoisotopic (exact) mass is 234 g/mol. The van der Waals surface area contributed by atoms with E-state index in [4.69, 9.17) is 12.2 Å². The van der Waals surface area contributed by atoms with Crippen molar-refractivity contribution in [1.29, 1.82) is 0 Å². The molecule has 0 spiro atoms. The van der Waals surface area contributed by atoms with Gasteiger partial charge >= 0.3 is 77.7 Å². The fraction of sp³-hybridized carbons (Fsp3) is 0. The Morgan fingerprint density at radius 2 is 1.90 bits per heavy atom. The molecule has 10 heavy (non-hydrogen) atoms. The molecule has 0 aliphatic carbocycles. The minimum absolute atomic E-state index is 0.264. The molecule has 1 aromatic rings. The third kappa shape index (κ3) is 2.84. The van der Waals surface area contributed by atoms with E-state index in [2.05, 4.69) is 24.8 Å². The molecule has 0 saturated carbocycles. The quantitative estimate of drug-likeness (QED) is 0.455. The molecule has 0 bridgehead atoms. The first-order valence-electron chi connectivity index (χ1n) is 2.75. The van der Waals surface area contributed by atoms with Crippen LogP contribution in [0.25, 0.3) is 0 Å². The Balaban J connectivity index is 2.67. The van der Waals surface area contributed by atoms with Gasteiger partial charge < -0.3 is 0 Å². The van der Waals surface area contributed by atoms with Gasteiger partial charge in [0.25, 0.3) is 0 Å². The van der Waals surface area contributed by atoms with E-state index < -0.39 is 0 Å². The van der Waals surface area contributed by atoms with Crippen molar-refractivity contribution in [2.24, 2.45) is 0 Å². The van der Waals surface area contributed by atoms with Gasteiger partial charge in [-0.1, -0.05) is 0 Å². The number of hydrogen-bond acceptors (Lipinski definition) is 1. The normalized spacial score (nSPS) is 9.30. The standard InChI is InChI=1S/C7H6S2Se/c8-7(9)10-6-4-2-1-3-5-6/h1-5H,(H,8,9). The average molecular weight is 233 g/mol. The van der Waals surface area contributed by atoms with E-state index in [0.717, 1.165) is 3.10 Å². The van der Waals surface area contributed by atoms with E-state index in [9.17, 15) is 0 Å². The molecule has 0 aromatic heterocycles. The first-order valence-corrected chi connectivity index (χ1v) is 5.32. The molecule has 1 rings (SSSR count). The molecule has 0 unspecified atom stereocenters. The average Bonchev–Trinajstić information content (AvgIpc) is 1.88. The van der Waals surface area contributed by atoms with Gasteiger partial charge in [-0.3, -0.25) is 0 Å². The molecule has 0 N–H and O–H groups in total. The molecule has 0 saturated heterocycles. The van der Waals surface area contributed by atoms with Crippen LogP contribution in [0, 0.1) is 0 Å². The molecule has 52 valence electrons. The number of rotatable bonds is 2. The van der Waals surface area contributed by atoms with Gasteiger partial charge in [-0.25, -0.2) is 0 Å². The fourth-order valence-electron chi connectivity index (χ4n) is 0.589. The van der Waals surface area contributed by atoms with Crippen LogP contribution in [-0.4, -0.2) is 18.1 Å². The second-order valence-corrected chi connectivity index (χ2v) is 6.38. The van der Waals surface area contributed by atoms with Gasteiger partial charge in [0.2, 0.25) is 0 Å². The van der Waals surface area contributed by atoms with Gasteiger partial charge in [0, 0.05) is 0 Å². The molecule has 0 aliphatic rings. The van der Waals surface area contributed by atoms with Crippen molar-refractivity contribution in [3.8, 4) is 0 Å². The van der Waals surface area contributed by atoms with Crippen molar-refractivity contribution in [2.75, 3.05) is 0 Å². The summed E-state index contributed by atoms with van der Waals surface area (Å²) >= 11 is 9.20. The van der Waals surface area contributed by atoms with Gasteiger partial charge in [0.15, 0.2) is 0 Å². The van der Waals surface area contributed by atoms with Crippen molar-refractivity contribution in [3.05, 3.63) is 30.3 Å². The molecule has 0 fully saturated rings. The van der Waals surface area contributed by atoms with Crippen LogP contribution >= 0.6 is 24.8 Å². The molecular weight excluding hydrogens is 227 g/mol. The number of thiocarbonyl (C=S) groups is 1. The molecule has 0 atom stereocenters. The molecule has 0 radical (unpaired) electrons. The summed E-state index contributed by atoms with van der Waals surface area (Å²) in [7, 11) is 0. The molecule has 0 amide bonds. The van der Waals surface area contributed by atoms with E-state index in [1.165, 1.54) is 4.46 Å². The molecule has 0 heterocycles. The number of benzene rings is 1. The summed E-state index contributed by atoms with van der Waals surface area (Å²) in [4.78, 5) is 0.